The molecule has 0 spiro atoms. The summed E-state index contributed by atoms with van der Waals surface area (Å²) in [5.74, 6) is 0. The van der Waals surface area contributed by atoms with Crippen molar-refractivity contribution in [2.24, 2.45) is 0 Å². The lowest BCUT2D eigenvalue weighted by atomic mass is 9.85. The molecule has 0 aliphatic carbocycles. The Morgan fingerprint density at radius 1 is 1.06 bits per heavy atom. The second kappa shape index (κ2) is 3.58. The molecule has 0 radical (unpaired) electrons. The summed E-state index contributed by atoms with van der Waals surface area (Å²) in [7, 11) is 2.00. The van der Waals surface area contributed by atoms with Crippen molar-refractivity contribution >= 4 is 10.8 Å². The fourth-order valence-electron chi connectivity index (χ4n) is 2.38. The number of ether oxygens (including phenoxy) is 1. The number of fused-ring (bicyclic) bond motifs is 1. The van der Waals surface area contributed by atoms with E-state index in [9.17, 15) is 0 Å². The van der Waals surface area contributed by atoms with Crippen molar-refractivity contribution in [2.45, 2.75) is 5.54 Å². The second-order valence-electron chi connectivity index (χ2n) is 4.35. The number of hydrogen-bond acceptors (Lipinski definition) is 2. The number of likely N-dealkylation sites (N-methyl/N-ethyl adjacent to an activating group) is 1. The number of nitrogens with one attached hydrogen (secondary N) is 1. The molecule has 0 amide bonds. The van der Waals surface area contributed by atoms with Crippen molar-refractivity contribution in [3.05, 3.63) is 48.0 Å². The minimum atomic E-state index is 0.0147. The molecule has 1 saturated heterocycles. The van der Waals surface area contributed by atoms with Crippen LogP contribution in [0.1, 0.15) is 5.56 Å². The van der Waals surface area contributed by atoms with Gasteiger partial charge in [-0.3, -0.25) is 0 Å². The molecule has 0 atom stereocenters. The summed E-state index contributed by atoms with van der Waals surface area (Å²) >= 11 is 0. The molecule has 16 heavy (non-hydrogen) atoms. The highest BCUT2D eigenvalue weighted by Gasteiger charge is 2.39. The molecule has 0 saturated carbocycles. The van der Waals surface area contributed by atoms with Crippen LogP contribution in [-0.4, -0.2) is 20.3 Å². The van der Waals surface area contributed by atoms with Crippen LogP contribution in [0.3, 0.4) is 0 Å². The zero-order valence-corrected chi connectivity index (χ0v) is 9.36. The molecule has 82 valence electrons. The van der Waals surface area contributed by atoms with E-state index in [0.29, 0.717) is 0 Å². The molecule has 3 rings (SSSR count). The molecule has 0 unspecified atom stereocenters. The van der Waals surface area contributed by atoms with Crippen molar-refractivity contribution in [1.82, 2.24) is 5.32 Å². The second-order valence-corrected chi connectivity index (χ2v) is 4.35. The number of hydrogen-bond donors (Lipinski definition) is 1. The molecule has 1 heterocycles. The highest BCUT2D eigenvalue weighted by atomic mass is 16.5. The minimum absolute atomic E-state index is 0.0147. The van der Waals surface area contributed by atoms with E-state index < -0.39 is 0 Å². The van der Waals surface area contributed by atoms with Crippen molar-refractivity contribution in [3.63, 3.8) is 0 Å². The Morgan fingerprint density at radius 3 is 2.50 bits per heavy atom. The van der Waals surface area contributed by atoms with Gasteiger partial charge in [-0.1, -0.05) is 42.5 Å². The summed E-state index contributed by atoms with van der Waals surface area (Å²) in [6, 6.07) is 15.0. The third-order valence-corrected chi connectivity index (χ3v) is 3.48. The van der Waals surface area contributed by atoms with E-state index in [2.05, 4.69) is 47.8 Å². The summed E-state index contributed by atoms with van der Waals surface area (Å²) in [5, 5.41) is 6.01. The van der Waals surface area contributed by atoms with E-state index in [1.165, 1.54) is 16.3 Å². The number of rotatable bonds is 2. The summed E-state index contributed by atoms with van der Waals surface area (Å²) in [6.45, 7) is 1.52. The Bertz CT molecular complexity index is 506. The average molecular weight is 213 g/mol. The maximum Gasteiger partial charge on any atom is 0.0912 e. The normalized spacial score (nSPS) is 18.3. The van der Waals surface area contributed by atoms with E-state index >= 15 is 0 Å². The van der Waals surface area contributed by atoms with Gasteiger partial charge in [-0.05, 0) is 23.4 Å². The quantitative estimate of drug-likeness (QED) is 0.826. The van der Waals surface area contributed by atoms with E-state index in [4.69, 9.17) is 4.74 Å². The lowest BCUT2D eigenvalue weighted by Gasteiger charge is -2.42. The molecule has 2 aromatic carbocycles. The van der Waals surface area contributed by atoms with E-state index in [-0.39, 0.29) is 5.54 Å². The maximum atomic E-state index is 5.37. The third kappa shape index (κ3) is 1.27. The summed E-state index contributed by atoms with van der Waals surface area (Å²) in [6.07, 6.45) is 0. The topological polar surface area (TPSA) is 21.3 Å². The Balaban J connectivity index is 2.23. The fraction of sp³-hybridized carbons (Fsp3) is 0.286. The van der Waals surface area contributed by atoms with Gasteiger partial charge in [-0.25, -0.2) is 0 Å². The van der Waals surface area contributed by atoms with Crippen LogP contribution in [0.2, 0.25) is 0 Å². The molecular formula is C14H15NO. The Labute approximate surface area is 95.2 Å². The summed E-state index contributed by atoms with van der Waals surface area (Å²) < 4.78 is 5.37. The highest BCUT2D eigenvalue weighted by molar-refractivity contribution is 5.86. The zero-order valence-electron chi connectivity index (χ0n) is 9.36. The fourth-order valence-corrected chi connectivity index (χ4v) is 2.38. The van der Waals surface area contributed by atoms with Crippen molar-refractivity contribution in [3.8, 4) is 0 Å². The molecule has 1 fully saturated rings. The maximum absolute atomic E-state index is 5.37. The monoisotopic (exact) mass is 213 g/mol. The molecule has 2 heteroatoms. The van der Waals surface area contributed by atoms with Crippen LogP contribution < -0.4 is 5.32 Å². The highest BCUT2D eigenvalue weighted by Crippen LogP contribution is 2.34. The average Bonchev–Trinajstić information content (AvgIpc) is 2.29. The van der Waals surface area contributed by atoms with Crippen molar-refractivity contribution < 1.29 is 4.74 Å². The Hall–Kier alpha value is -1.38. The first kappa shape index (κ1) is 9.82. The van der Waals surface area contributed by atoms with Crippen LogP contribution in [-0.2, 0) is 10.3 Å². The van der Waals surface area contributed by atoms with Gasteiger partial charge in [0.2, 0.25) is 0 Å². The molecule has 1 aliphatic rings. The SMILES string of the molecule is CNC1(c2cccc3ccccc23)COC1. The molecular weight excluding hydrogens is 198 g/mol. The van der Waals surface area contributed by atoms with Crippen LogP contribution in [0, 0.1) is 0 Å². The zero-order chi connectivity index (χ0) is 11.0. The van der Waals surface area contributed by atoms with Gasteiger partial charge in [0.1, 0.15) is 0 Å². The molecule has 1 aliphatic heterocycles. The van der Waals surface area contributed by atoms with Gasteiger partial charge in [0.05, 0.1) is 18.8 Å². The van der Waals surface area contributed by atoms with Crippen LogP contribution in [0.25, 0.3) is 10.8 Å². The van der Waals surface area contributed by atoms with Crippen molar-refractivity contribution in [1.29, 1.82) is 0 Å². The van der Waals surface area contributed by atoms with E-state index in [1.54, 1.807) is 0 Å². The third-order valence-electron chi connectivity index (χ3n) is 3.48. The first-order valence-electron chi connectivity index (χ1n) is 5.61. The first-order valence-corrected chi connectivity index (χ1v) is 5.61. The lowest BCUT2D eigenvalue weighted by molar-refractivity contribution is -0.0740. The van der Waals surface area contributed by atoms with Crippen LogP contribution in [0.15, 0.2) is 42.5 Å². The van der Waals surface area contributed by atoms with Crippen LogP contribution >= 0.6 is 0 Å². The standard InChI is InChI=1S/C14H15NO/c1-15-14(9-16-10-14)13-8-4-6-11-5-2-3-7-12(11)13/h2-8,15H,9-10H2,1H3. The van der Waals surface area contributed by atoms with Gasteiger partial charge in [-0.2, -0.15) is 0 Å². The summed E-state index contributed by atoms with van der Waals surface area (Å²) in [4.78, 5) is 0. The Morgan fingerprint density at radius 2 is 1.81 bits per heavy atom. The van der Waals surface area contributed by atoms with Gasteiger partial charge >= 0.3 is 0 Å². The van der Waals surface area contributed by atoms with Gasteiger partial charge in [0.25, 0.3) is 0 Å². The van der Waals surface area contributed by atoms with Crippen LogP contribution in [0.4, 0.5) is 0 Å². The predicted molar refractivity (Wildman–Crippen MR) is 65.5 cm³/mol. The summed E-state index contributed by atoms with van der Waals surface area (Å²) in [5.41, 5.74) is 1.36. The largest absolute Gasteiger partial charge is 0.377 e. The predicted octanol–water partition coefficient (Wildman–Crippen LogP) is 2.28. The van der Waals surface area contributed by atoms with Gasteiger partial charge < -0.3 is 10.1 Å². The molecule has 2 nitrogen and oxygen atoms in total. The lowest BCUT2D eigenvalue weighted by Crippen LogP contribution is -2.56. The van der Waals surface area contributed by atoms with Gasteiger partial charge in [0.15, 0.2) is 0 Å². The van der Waals surface area contributed by atoms with Gasteiger partial charge in [-0.15, -0.1) is 0 Å². The molecule has 1 N–H and O–H groups in total. The van der Waals surface area contributed by atoms with E-state index in [1.807, 2.05) is 7.05 Å². The van der Waals surface area contributed by atoms with Gasteiger partial charge in [0, 0.05) is 0 Å². The van der Waals surface area contributed by atoms with Crippen molar-refractivity contribution in [2.75, 3.05) is 20.3 Å². The van der Waals surface area contributed by atoms with Crippen LogP contribution in [0.5, 0.6) is 0 Å². The number of benzene rings is 2. The smallest absolute Gasteiger partial charge is 0.0912 e. The molecule has 0 aromatic heterocycles. The molecule has 0 bridgehead atoms. The Kier molecular flexibility index (Phi) is 2.20. The first-order chi connectivity index (χ1) is 7.86. The molecule has 2 aromatic rings. The van der Waals surface area contributed by atoms with E-state index in [0.717, 1.165) is 13.2 Å². The minimum Gasteiger partial charge on any atom is -0.377 e.